The van der Waals surface area contributed by atoms with E-state index in [9.17, 15) is 9.18 Å². The fourth-order valence-electron chi connectivity index (χ4n) is 3.49. The number of carbonyl (C=O) groups is 1. The van der Waals surface area contributed by atoms with Crippen molar-refractivity contribution in [3.05, 3.63) is 59.8 Å². The van der Waals surface area contributed by atoms with Crippen LogP contribution >= 0.6 is 0 Å². The minimum Gasteiger partial charge on any atom is -0.358 e. The van der Waals surface area contributed by atoms with Crippen LogP contribution in [0.2, 0.25) is 0 Å². The highest BCUT2D eigenvalue weighted by Gasteiger charge is 2.23. The van der Waals surface area contributed by atoms with Crippen LogP contribution in [-0.2, 0) is 24.3 Å². The number of nitrogens with one attached hydrogen (secondary N) is 1. The van der Waals surface area contributed by atoms with Gasteiger partial charge in [0, 0.05) is 67.0 Å². The first kappa shape index (κ1) is 15.0. The largest absolute Gasteiger partial charge is 0.358 e. The van der Waals surface area contributed by atoms with E-state index < -0.39 is 0 Å². The maximum atomic E-state index is 13.5. The van der Waals surface area contributed by atoms with Crippen molar-refractivity contribution in [3.63, 3.8) is 0 Å². The van der Waals surface area contributed by atoms with Crippen LogP contribution in [0.15, 0.2) is 42.7 Å². The third-order valence-electron chi connectivity index (χ3n) is 4.76. The van der Waals surface area contributed by atoms with Crippen molar-refractivity contribution in [2.75, 3.05) is 6.54 Å². The first-order chi connectivity index (χ1) is 11.7. The number of aromatic nitrogens is 2. The van der Waals surface area contributed by atoms with Crippen molar-refractivity contribution in [2.45, 2.75) is 32.4 Å². The molecule has 1 aromatic carbocycles. The molecular weight excluding hydrogens is 305 g/mol. The molecule has 0 unspecified atom stereocenters. The number of hydrogen-bond acceptors (Lipinski definition) is 1. The van der Waals surface area contributed by atoms with Crippen LogP contribution in [0.5, 0.6) is 0 Å². The molecule has 3 heterocycles. The first-order valence-electron chi connectivity index (χ1n) is 8.38. The molecule has 1 aliphatic rings. The van der Waals surface area contributed by atoms with Gasteiger partial charge in [-0.1, -0.05) is 0 Å². The lowest BCUT2D eigenvalue weighted by molar-refractivity contribution is -0.132. The fourth-order valence-corrected chi connectivity index (χ4v) is 3.49. The Bertz CT molecular complexity index is 866. The molecule has 0 bridgehead atoms. The van der Waals surface area contributed by atoms with Crippen LogP contribution < -0.4 is 0 Å². The van der Waals surface area contributed by atoms with E-state index in [4.69, 9.17) is 0 Å². The SMILES string of the molecule is O=C(CCCn1cccc1)N1CCc2[nH]c3ccc(F)cc3c2C1. The third kappa shape index (κ3) is 2.82. The molecule has 0 radical (unpaired) electrons. The van der Waals surface area contributed by atoms with Crippen molar-refractivity contribution in [1.29, 1.82) is 0 Å². The number of carbonyl (C=O) groups excluding carboxylic acids is 1. The number of halogens is 1. The monoisotopic (exact) mass is 325 g/mol. The number of aryl methyl sites for hydroxylation is 1. The van der Waals surface area contributed by atoms with Crippen molar-refractivity contribution in [2.24, 2.45) is 0 Å². The number of hydrogen-bond donors (Lipinski definition) is 1. The average molecular weight is 325 g/mol. The third-order valence-corrected chi connectivity index (χ3v) is 4.76. The Morgan fingerprint density at radius 2 is 2.08 bits per heavy atom. The Morgan fingerprint density at radius 3 is 2.92 bits per heavy atom. The summed E-state index contributed by atoms with van der Waals surface area (Å²) >= 11 is 0. The number of nitrogens with zero attached hydrogens (tertiary/aromatic N) is 2. The van der Waals surface area contributed by atoms with Gasteiger partial charge < -0.3 is 14.5 Å². The van der Waals surface area contributed by atoms with Gasteiger partial charge in [0.05, 0.1) is 0 Å². The molecule has 5 heteroatoms. The highest BCUT2D eigenvalue weighted by Crippen LogP contribution is 2.28. The minimum absolute atomic E-state index is 0.179. The van der Waals surface area contributed by atoms with Crippen molar-refractivity contribution in [3.8, 4) is 0 Å². The smallest absolute Gasteiger partial charge is 0.222 e. The lowest BCUT2D eigenvalue weighted by atomic mass is 10.0. The normalized spacial score (nSPS) is 14.1. The predicted molar refractivity (Wildman–Crippen MR) is 91.0 cm³/mol. The Hall–Kier alpha value is -2.56. The summed E-state index contributed by atoms with van der Waals surface area (Å²) in [5, 5.41) is 0.898. The predicted octanol–water partition coefficient (Wildman–Crippen LogP) is 3.47. The van der Waals surface area contributed by atoms with Crippen molar-refractivity contribution in [1.82, 2.24) is 14.5 Å². The second kappa shape index (κ2) is 6.15. The standard InChI is InChI=1S/C19H20FN3O/c20-14-5-6-17-15(12-14)16-13-23(11-7-18(16)21-17)19(24)4-3-10-22-8-1-2-9-22/h1-2,5-6,8-9,12,21H,3-4,7,10-11,13H2. The van der Waals surface area contributed by atoms with E-state index in [-0.39, 0.29) is 11.7 Å². The van der Waals surface area contributed by atoms with E-state index >= 15 is 0 Å². The summed E-state index contributed by atoms with van der Waals surface area (Å²) in [4.78, 5) is 17.7. The molecule has 3 aromatic rings. The summed E-state index contributed by atoms with van der Waals surface area (Å²) in [7, 11) is 0. The molecule has 24 heavy (non-hydrogen) atoms. The van der Waals surface area contributed by atoms with E-state index in [1.54, 1.807) is 12.1 Å². The van der Waals surface area contributed by atoms with Gasteiger partial charge in [0.2, 0.25) is 5.91 Å². The van der Waals surface area contributed by atoms with Gasteiger partial charge >= 0.3 is 0 Å². The summed E-state index contributed by atoms with van der Waals surface area (Å²) in [5.41, 5.74) is 3.14. The highest BCUT2D eigenvalue weighted by atomic mass is 19.1. The Morgan fingerprint density at radius 1 is 1.25 bits per heavy atom. The van der Waals surface area contributed by atoms with Crippen LogP contribution in [-0.4, -0.2) is 26.9 Å². The van der Waals surface area contributed by atoms with E-state index in [0.717, 1.165) is 48.1 Å². The van der Waals surface area contributed by atoms with Crippen LogP contribution in [0.1, 0.15) is 24.1 Å². The van der Waals surface area contributed by atoms with E-state index in [1.807, 2.05) is 29.4 Å². The Labute approximate surface area is 139 Å². The zero-order valence-electron chi connectivity index (χ0n) is 13.5. The molecule has 4 nitrogen and oxygen atoms in total. The van der Waals surface area contributed by atoms with Gasteiger partial charge in [0.15, 0.2) is 0 Å². The molecule has 1 aliphatic heterocycles. The van der Waals surface area contributed by atoms with E-state index in [1.165, 1.54) is 6.07 Å². The highest BCUT2D eigenvalue weighted by molar-refractivity contribution is 5.86. The fraction of sp³-hybridized carbons (Fsp3) is 0.316. The van der Waals surface area contributed by atoms with E-state index in [0.29, 0.717) is 13.0 Å². The van der Waals surface area contributed by atoms with Gasteiger partial charge in [0.1, 0.15) is 5.82 Å². The van der Waals surface area contributed by atoms with Gasteiger partial charge in [0.25, 0.3) is 0 Å². The number of amides is 1. The number of benzene rings is 1. The maximum Gasteiger partial charge on any atom is 0.222 e. The van der Waals surface area contributed by atoms with Gasteiger partial charge in [-0.3, -0.25) is 4.79 Å². The molecule has 0 saturated carbocycles. The summed E-state index contributed by atoms with van der Waals surface area (Å²) < 4.78 is 15.6. The molecule has 1 amide bonds. The Balaban J connectivity index is 1.44. The lowest BCUT2D eigenvalue weighted by Gasteiger charge is -2.27. The number of fused-ring (bicyclic) bond motifs is 3. The number of H-pyrrole nitrogens is 1. The zero-order chi connectivity index (χ0) is 16.5. The van der Waals surface area contributed by atoms with Gasteiger partial charge in [-0.05, 0) is 36.8 Å². The summed E-state index contributed by atoms with van der Waals surface area (Å²) in [6, 6.07) is 8.78. The molecule has 0 aliphatic carbocycles. The topological polar surface area (TPSA) is 41.0 Å². The average Bonchev–Trinajstić information content (AvgIpc) is 3.21. The summed E-state index contributed by atoms with van der Waals surface area (Å²) in [6.45, 7) is 2.15. The first-order valence-corrected chi connectivity index (χ1v) is 8.38. The maximum absolute atomic E-state index is 13.5. The molecule has 4 rings (SSSR count). The molecule has 124 valence electrons. The quantitative estimate of drug-likeness (QED) is 0.784. The van der Waals surface area contributed by atoms with Crippen LogP contribution in [0.3, 0.4) is 0 Å². The number of aromatic amines is 1. The molecule has 0 saturated heterocycles. The number of rotatable bonds is 4. The van der Waals surface area contributed by atoms with Gasteiger partial charge in [-0.25, -0.2) is 4.39 Å². The van der Waals surface area contributed by atoms with Crippen LogP contribution in [0.25, 0.3) is 10.9 Å². The summed E-state index contributed by atoms with van der Waals surface area (Å²) in [5.74, 6) is -0.0574. The van der Waals surface area contributed by atoms with Crippen LogP contribution in [0.4, 0.5) is 4.39 Å². The van der Waals surface area contributed by atoms with E-state index in [2.05, 4.69) is 9.55 Å². The van der Waals surface area contributed by atoms with Crippen molar-refractivity contribution < 1.29 is 9.18 Å². The molecule has 0 atom stereocenters. The molecule has 1 N–H and O–H groups in total. The molecule has 2 aromatic heterocycles. The second-order valence-electron chi connectivity index (χ2n) is 6.36. The Kier molecular flexibility index (Phi) is 3.84. The second-order valence-corrected chi connectivity index (χ2v) is 6.36. The molecule has 0 fully saturated rings. The van der Waals surface area contributed by atoms with Gasteiger partial charge in [-0.15, -0.1) is 0 Å². The molecule has 0 spiro atoms. The lowest BCUT2D eigenvalue weighted by Crippen LogP contribution is -2.35. The summed E-state index contributed by atoms with van der Waals surface area (Å²) in [6.07, 6.45) is 6.20. The van der Waals surface area contributed by atoms with Gasteiger partial charge in [-0.2, -0.15) is 0 Å². The zero-order valence-corrected chi connectivity index (χ0v) is 13.5. The molecular formula is C19H20FN3O. The van der Waals surface area contributed by atoms with Crippen LogP contribution in [0, 0.1) is 5.82 Å². The minimum atomic E-state index is -0.237. The van der Waals surface area contributed by atoms with Crippen molar-refractivity contribution >= 4 is 16.8 Å².